The van der Waals surface area contributed by atoms with E-state index in [1.807, 2.05) is 54.6 Å². The van der Waals surface area contributed by atoms with Crippen molar-refractivity contribution in [1.29, 1.82) is 0 Å². The van der Waals surface area contributed by atoms with Gasteiger partial charge in [0.1, 0.15) is 6.04 Å². The molecule has 0 spiro atoms. The van der Waals surface area contributed by atoms with Gasteiger partial charge >= 0.3 is 5.97 Å². The van der Waals surface area contributed by atoms with Crippen molar-refractivity contribution < 1.29 is 15.0 Å². The van der Waals surface area contributed by atoms with E-state index in [9.17, 15) is 15.0 Å². The second-order valence-electron chi connectivity index (χ2n) is 11.3. The van der Waals surface area contributed by atoms with Crippen molar-refractivity contribution in [3.63, 3.8) is 0 Å². The van der Waals surface area contributed by atoms with Crippen LogP contribution in [0.25, 0.3) is 0 Å². The number of carbonyl (C=O) groups is 1. The van der Waals surface area contributed by atoms with Gasteiger partial charge in [-0.05, 0) is 72.5 Å². The Morgan fingerprint density at radius 2 is 1.20 bits per heavy atom. The van der Waals surface area contributed by atoms with Crippen molar-refractivity contribution in [2.45, 2.75) is 55.7 Å². The van der Waals surface area contributed by atoms with Crippen LogP contribution in [0.1, 0.15) is 55.2 Å². The third kappa shape index (κ3) is 3.71. The highest BCUT2D eigenvalue weighted by Gasteiger charge is 2.62. The molecule has 180 valence electrons. The number of nitrogens with one attached hydrogen (secondary N) is 1. The zero-order chi connectivity index (χ0) is 24.1. The fraction of sp³-hybridized carbons (Fsp3) is 0.387. The van der Waals surface area contributed by atoms with Gasteiger partial charge in [0, 0.05) is 0 Å². The van der Waals surface area contributed by atoms with Gasteiger partial charge in [0.15, 0.2) is 0 Å². The van der Waals surface area contributed by atoms with E-state index in [1.165, 1.54) is 0 Å². The SMILES string of the molecule is O=C(O)C(NC(c1ccccc1)(c1ccccc1)c1ccccc1)C12CC3CC(CC(O)(C3)C1)C2. The summed E-state index contributed by atoms with van der Waals surface area (Å²) < 4.78 is 0. The number of aliphatic hydroxyl groups is 1. The van der Waals surface area contributed by atoms with E-state index in [2.05, 4.69) is 41.7 Å². The van der Waals surface area contributed by atoms with Gasteiger partial charge in [0.05, 0.1) is 11.1 Å². The van der Waals surface area contributed by atoms with E-state index in [0.29, 0.717) is 18.3 Å². The summed E-state index contributed by atoms with van der Waals surface area (Å²) in [5.74, 6) is -0.0170. The first-order valence-electron chi connectivity index (χ1n) is 12.8. The molecule has 3 aromatic carbocycles. The highest BCUT2D eigenvalue weighted by molar-refractivity contribution is 5.76. The number of carboxylic acids is 1. The van der Waals surface area contributed by atoms with E-state index in [-0.39, 0.29) is 0 Å². The third-order valence-electron chi connectivity index (χ3n) is 8.92. The summed E-state index contributed by atoms with van der Waals surface area (Å²) in [6, 6.07) is 29.8. The molecule has 4 aliphatic carbocycles. The first kappa shape index (κ1) is 22.5. The van der Waals surface area contributed by atoms with E-state index >= 15 is 0 Å². The van der Waals surface area contributed by atoms with Crippen LogP contribution in [0.4, 0.5) is 0 Å². The monoisotopic (exact) mass is 467 g/mol. The molecule has 4 aliphatic rings. The van der Waals surface area contributed by atoms with Crippen molar-refractivity contribution in [3.8, 4) is 0 Å². The molecule has 0 aliphatic heterocycles. The average molecular weight is 468 g/mol. The molecule has 3 N–H and O–H groups in total. The van der Waals surface area contributed by atoms with Crippen molar-refractivity contribution in [2.75, 3.05) is 0 Å². The Balaban J connectivity index is 1.54. The van der Waals surface area contributed by atoms with Crippen LogP contribution in [-0.4, -0.2) is 27.8 Å². The summed E-state index contributed by atoms with van der Waals surface area (Å²) in [7, 11) is 0. The summed E-state index contributed by atoms with van der Waals surface area (Å²) in [5.41, 5.74) is 0.979. The van der Waals surface area contributed by atoms with E-state index in [4.69, 9.17) is 0 Å². The second-order valence-corrected chi connectivity index (χ2v) is 11.3. The molecule has 0 heterocycles. The molecule has 4 nitrogen and oxygen atoms in total. The smallest absolute Gasteiger partial charge is 0.321 e. The van der Waals surface area contributed by atoms with E-state index in [0.717, 1.165) is 48.8 Å². The predicted molar refractivity (Wildman–Crippen MR) is 136 cm³/mol. The van der Waals surface area contributed by atoms with Gasteiger partial charge in [-0.3, -0.25) is 10.1 Å². The Hall–Kier alpha value is -2.95. The lowest BCUT2D eigenvalue weighted by Crippen LogP contribution is -2.66. The molecule has 35 heavy (non-hydrogen) atoms. The van der Waals surface area contributed by atoms with Crippen LogP contribution in [0.15, 0.2) is 91.0 Å². The second kappa shape index (κ2) is 8.32. The Bertz CT molecular complexity index is 1080. The number of rotatable bonds is 7. The maximum atomic E-state index is 13.1. The molecule has 3 unspecified atom stereocenters. The molecule has 4 fully saturated rings. The predicted octanol–water partition coefficient (Wildman–Crippen LogP) is 5.35. The quantitative estimate of drug-likeness (QED) is 0.410. The molecular formula is C31H33NO3. The summed E-state index contributed by atoms with van der Waals surface area (Å²) in [6.07, 6.45) is 5.05. The Morgan fingerprint density at radius 3 is 1.57 bits per heavy atom. The van der Waals surface area contributed by atoms with Gasteiger partial charge in [-0.15, -0.1) is 0 Å². The highest BCUT2D eigenvalue weighted by Crippen LogP contribution is 2.63. The van der Waals surface area contributed by atoms with Gasteiger partial charge in [-0.1, -0.05) is 91.0 Å². The van der Waals surface area contributed by atoms with Crippen molar-refractivity contribution in [1.82, 2.24) is 5.32 Å². The molecule has 0 amide bonds. The molecule has 3 aromatic rings. The third-order valence-corrected chi connectivity index (χ3v) is 8.92. The maximum absolute atomic E-state index is 13.1. The average Bonchev–Trinajstić information content (AvgIpc) is 2.85. The first-order valence-corrected chi connectivity index (χ1v) is 12.8. The molecule has 7 rings (SSSR count). The summed E-state index contributed by atoms with van der Waals surface area (Å²) in [4.78, 5) is 13.1. The number of benzene rings is 3. The van der Waals surface area contributed by atoms with E-state index in [1.54, 1.807) is 0 Å². The Morgan fingerprint density at radius 1 is 0.771 bits per heavy atom. The minimum atomic E-state index is -0.848. The van der Waals surface area contributed by atoms with Gasteiger partial charge in [0.25, 0.3) is 0 Å². The minimum Gasteiger partial charge on any atom is -0.480 e. The number of hydrogen-bond donors (Lipinski definition) is 3. The number of carboxylic acid groups (broad SMARTS) is 1. The van der Waals surface area contributed by atoms with E-state index < -0.39 is 28.6 Å². The molecule has 4 heteroatoms. The number of aliphatic carboxylic acids is 1. The van der Waals surface area contributed by atoms with Crippen molar-refractivity contribution in [3.05, 3.63) is 108 Å². The van der Waals surface area contributed by atoms with Crippen molar-refractivity contribution in [2.24, 2.45) is 17.3 Å². The summed E-state index contributed by atoms with van der Waals surface area (Å²) in [6.45, 7) is 0. The summed E-state index contributed by atoms with van der Waals surface area (Å²) in [5, 5.41) is 26.0. The topological polar surface area (TPSA) is 69.6 Å². The van der Waals surface area contributed by atoms with Crippen LogP contribution in [0.2, 0.25) is 0 Å². The molecule has 0 aromatic heterocycles. The molecule has 0 radical (unpaired) electrons. The van der Waals surface area contributed by atoms with Crippen molar-refractivity contribution >= 4 is 5.97 Å². The lowest BCUT2D eigenvalue weighted by atomic mass is 9.46. The molecular weight excluding hydrogens is 434 g/mol. The van der Waals surface area contributed by atoms with Gasteiger partial charge in [0.2, 0.25) is 0 Å². The zero-order valence-electron chi connectivity index (χ0n) is 19.9. The van der Waals surface area contributed by atoms with Crippen LogP contribution in [0, 0.1) is 17.3 Å². The van der Waals surface area contributed by atoms with Crippen LogP contribution in [-0.2, 0) is 10.3 Å². The fourth-order valence-electron chi connectivity index (χ4n) is 8.13. The van der Waals surface area contributed by atoms with Crippen LogP contribution in [0.5, 0.6) is 0 Å². The maximum Gasteiger partial charge on any atom is 0.321 e. The van der Waals surface area contributed by atoms with Gasteiger partial charge in [-0.25, -0.2) is 0 Å². The zero-order valence-corrected chi connectivity index (χ0v) is 19.9. The fourth-order valence-corrected chi connectivity index (χ4v) is 8.13. The van der Waals surface area contributed by atoms with Crippen LogP contribution < -0.4 is 5.32 Å². The van der Waals surface area contributed by atoms with Gasteiger partial charge < -0.3 is 10.2 Å². The normalized spacial score (nSPS) is 30.2. The largest absolute Gasteiger partial charge is 0.480 e. The van der Waals surface area contributed by atoms with Gasteiger partial charge in [-0.2, -0.15) is 0 Å². The Labute approximate surface area is 207 Å². The van der Waals surface area contributed by atoms with Crippen LogP contribution in [0.3, 0.4) is 0 Å². The standard InChI is InChI=1S/C31H33NO3/c33-28(34)27(29-17-22-16-23(18-29)20-30(35,19-22)21-29)32-31(24-10-4-1-5-11-24,25-12-6-2-7-13-25)26-14-8-3-9-15-26/h1-15,22-23,27,32,35H,16-21H2,(H,33,34). The highest BCUT2D eigenvalue weighted by atomic mass is 16.4. The molecule has 4 bridgehead atoms. The Kier molecular flexibility index (Phi) is 5.35. The first-order chi connectivity index (χ1) is 16.9. The lowest BCUT2D eigenvalue weighted by molar-refractivity contribution is -0.184. The minimum absolute atomic E-state index is 0.407. The lowest BCUT2D eigenvalue weighted by Gasteiger charge is -2.62. The molecule has 4 saturated carbocycles. The van der Waals surface area contributed by atoms with Crippen LogP contribution >= 0.6 is 0 Å². The summed E-state index contributed by atoms with van der Waals surface area (Å²) >= 11 is 0. The molecule has 0 saturated heterocycles. The molecule has 3 atom stereocenters. The number of hydrogen-bond acceptors (Lipinski definition) is 3.